The van der Waals surface area contributed by atoms with Gasteiger partial charge < -0.3 is 10.2 Å². The Morgan fingerprint density at radius 2 is 1.79 bits per heavy atom. The second-order valence-corrected chi connectivity index (χ2v) is 4.79. The van der Waals surface area contributed by atoms with Crippen LogP contribution in [0, 0.1) is 0 Å². The summed E-state index contributed by atoms with van der Waals surface area (Å²) in [6.45, 7) is 5.05. The predicted molar refractivity (Wildman–Crippen MR) is 59.6 cm³/mol. The van der Waals surface area contributed by atoms with Crippen LogP contribution in [0.5, 0.6) is 0 Å². The molecular weight excluding hydrogens is 174 g/mol. The van der Waals surface area contributed by atoms with Crippen molar-refractivity contribution >= 4 is 0 Å². The van der Waals surface area contributed by atoms with Gasteiger partial charge in [-0.1, -0.05) is 0 Å². The van der Waals surface area contributed by atoms with Crippen LogP contribution in [0.4, 0.5) is 0 Å². The Kier molecular flexibility index (Phi) is 3.42. The summed E-state index contributed by atoms with van der Waals surface area (Å²) in [5.41, 5.74) is 0. The van der Waals surface area contributed by atoms with Crippen molar-refractivity contribution in [3.63, 3.8) is 0 Å². The highest BCUT2D eigenvalue weighted by Gasteiger charge is 2.29. The first kappa shape index (κ1) is 10.4. The normalized spacial score (nSPS) is 36.4. The van der Waals surface area contributed by atoms with E-state index < -0.39 is 0 Å². The van der Waals surface area contributed by atoms with E-state index in [2.05, 4.69) is 29.2 Å². The first-order valence-corrected chi connectivity index (χ1v) is 5.89. The first-order valence-electron chi connectivity index (χ1n) is 5.89. The second-order valence-electron chi connectivity index (χ2n) is 4.79. The van der Waals surface area contributed by atoms with Crippen molar-refractivity contribution in [2.24, 2.45) is 0 Å². The average molecular weight is 197 g/mol. The van der Waals surface area contributed by atoms with Crippen LogP contribution in [-0.4, -0.2) is 62.2 Å². The van der Waals surface area contributed by atoms with E-state index in [1.54, 1.807) is 0 Å². The topological polar surface area (TPSA) is 18.5 Å². The quantitative estimate of drug-likeness (QED) is 0.690. The van der Waals surface area contributed by atoms with Gasteiger partial charge in [-0.25, -0.2) is 0 Å². The summed E-state index contributed by atoms with van der Waals surface area (Å²) < 4.78 is 0. The summed E-state index contributed by atoms with van der Waals surface area (Å²) >= 11 is 0. The van der Waals surface area contributed by atoms with Crippen LogP contribution < -0.4 is 5.32 Å². The third-order valence-corrected chi connectivity index (χ3v) is 3.87. The third-order valence-electron chi connectivity index (χ3n) is 3.87. The summed E-state index contributed by atoms with van der Waals surface area (Å²) in [6.07, 6.45) is 4.13. The molecule has 2 fully saturated rings. The maximum Gasteiger partial charge on any atom is 0.0113 e. The lowest BCUT2D eigenvalue weighted by atomic mass is 10.2. The minimum Gasteiger partial charge on any atom is -0.317 e. The summed E-state index contributed by atoms with van der Waals surface area (Å²) in [6, 6.07) is 1.64. The largest absolute Gasteiger partial charge is 0.317 e. The second kappa shape index (κ2) is 4.60. The van der Waals surface area contributed by atoms with Crippen LogP contribution >= 0.6 is 0 Å². The number of piperazine rings is 1. The van der Waals surface area contributed by atoms with Gasteiger partial charge in [0.1, 0.15) is 0 Å². The standard InChI is InChI=1S/C11H23N3/c1-12-10-3-4-11(9-10)14-7-5-13(2)6-8-14/h10-12H,3-9H2,1-2H3/t10-,11+/m0/s1. The molecule has 1 heterocycles. The Balaban J connectivity index is 1.79. The van der Waals surface area contributed by atoms with Gasteiger partial charge in [0.05, 0.1) is 0 Å². The van der Waals surface area contributed by atoms with Gasteiger partial charge in [-0.2, -0.15) is 0 Å². The highest BCUT2D eigenvalue weighted by molar-refractivity contribution is 4.87. The van der Waals surface area contributed by atoms with Crippen molar-refractivity contribution in [1.82, 2.24) is 15.1 Å². The van der Waals surface area contributed by atoms with Crippen LogP contribution in [0.2, 0.25) is 0 Å². The molecule has 14 heavy (non-hydrogen) atoms. The molecule has 82 valence electrons. The van der Waals surface area contributed by atoms with Gasteiger partial charge >= 0.3 is 0 Å². The molecule has 2 atom stereocenters. The van der Waals surface area contributed by atoms with Gasteiger partial charge in [0.2, 0.25) is 0 Å². The molecule has 0 bridgehead atoms. The monoisotopic (exact) mass is 197 g/mol. The Morgan fingerprint density at radius 3 is 2.36 bits per heavy atom. The van der Waals surface area contributed by atoms with Crippen LogP contribution in [0.3, 0.4) is 0 Å². The van der Waals surface area contributed by atoms with Gasteiger partial charge in [-0.3, -0.25) is 4.90 Å². The summed E-state index contributed by atoms with van der Waals surface area (Å²) in [5.74, 6) is 0. The Hall–Kier alpha value is -0.120. The molecule has 1 N–H and O–H groups in total. The number of nitrogens with one attached hydrogen (secondary N) is 1. The number of rotatable bonds is 2. The zero-order valence-electron chi connectivity index (χ0n) is 9.50. The third kappa shape index (κ3) is 2.27. The van der Waals surface area contributed by atoms with Crippen LogP contribution in [0.25, 0.3) is 0 Å². The van der Waals surface area contributed by atoms with E-state index in [1.165, 1.54) is 45.4 Å². The van der Waals surface area contributed by atoms with Crippen molar-refractivity contribution in [2.75, 3.05) is 40.3 Å². The minimum atomic E-state index is 0.777. The Bertz CT molecular complexity index is 175. The van der Waals surface area contributed by atoms with Crippen molar-refractivity contribution in [3.8, 4) is 0 Å². The maximum atomic E-state index is 3.40. The molecule has 1 aliphatic carbocycles. The number of hydrogen-bond donors (Lipinski definition) is 1. The molecule has 0 radical (unpaired) electrons. The molecular formula is C11H23N3. The van der Waals surface area contributed by atoms with E-state index in [9.17, 15) is 0 Å². The van der Waals surface area contributed by atoms with E-state index >= 15 is 0 Å². The van der Waals surface area contributed by atoms with Crippen molar-refractivity contribution < 1.29 is 0 Å². The van der Waals surface area contributed by atoms with Crippen LogP contribution in [-0.2, 0) is 0 Å². The molecule has 3 nitrogen and oxygen atoms in total. The lowest BCUT2D eigenvalue weighted by Crippen LogP contribution is -2.48. The molecule has 0 unspecified atom stereocenters. The van der Waals surface area contributed by atoms with E-state index in [-0.39, 0.29) is 0 Å². The molecule has 3 heteroatoms. The number of likely N-dealkylation sites (N-methyl/N-ethyl adjacent to an activating group) is 1. The highest BCUT2D eigenvalue weighted by Crippen LogP contribution is 2.24. The molecule has 1 aliphatic heterocycles. The van der Waals surface area contributed by atoms with Crippen molar-refractivity contribution in [2.45, 2.75) is 31.3 Å². The van der Waals surface area contributed by atoms with Crippen molar-refractivity contribution in [3.05, 3.63) is 0 Å². The molecule has 0 amide bonds. The van der Waals surface area contributed by atoms with Gasteiger partial charge in [-0.15, -0.1) is 0 Å². The van der Waals surface area contributed by atoms with E-state index in [0.717, 1.165) is 12.1 Å². The fraction of sp³-hybridized carbons (Fsp3) is 1.00. The Morgan fingerprint density at radius 1 is 1.07 bits per heavy atom. The molecule has 2 rings (SSSR count). The molecule has 1 saturated carbocycles. The summed E-state index contributed by atoms with van der Waals surface area (Å²) in [5, 5.41) is 3.40. The van der Waals surface area contributed by atoms with Crippen LogP contribution in [0.15, 0.2) is 0 Å². The van der Waals surface area contributed by atoms with Gasteiger partial charge in [0.25, 0.3) is 0 Å². The van der Waals surface area contributed by atoms with E-state index in [4.69, 9.17) is 0 Å². The van der Waals surface area contributed by atoms with Gasteiger partial charge in [-0.05, 0) is 33.4 Å². The summed E-state index contributed by atoms with van der Waals surface area (Å²) in [4.78, 5) is 5.12. The highest BCUT2D eigenvalue weighted by atomic mass is 15.3. The molecule has 0 aromatic carbocycles. The fourth-order valence-corrected chi connectivity index (χ4v) is 2.74. The SMILES string of the molecule is CN[C@H]1CC[C@@H](N2CCN(C)CC2)C1. The van der Waals surface area contributed by atoms with Gasteiger partial charge in [0, 0.05) is 38.3 Å². The maximum absolute atomic E-state index is 3.40. The molecule has 0 spiro atoms. The lowest BCUT2D eigenvalue weighted by molar-refractivity contribution is 0.112. The first-order chi connectivity index (χ1) is 6.79. The average Bonchev–Trinajstić information content (AvgIpc) is 2.67. The van der Waals surface area contributed by atoms with E-state index in [1.807, 2.05) is 0 Å². The van der Waals surface area contributed by atoms with Crippen molar-refractivity contribution in [1.29, 1.82) is 0 Å². The van der Waals surface area contributed by atoms with Gasteiger partial charge in [0.15, 0.2) is 0 Å². The number of nitrogens with zero attached hydrogens (tertiary/aromatic N) is 2. The minimum absolute atomic E-state index is 0.777. The number of hydrogen-bond acceptors (Lipinski definition) is 3. The Labute approximate surface area is 87.4 Å². The van der Waals surface area contributed by atoms with Crippen LogP contribution in [0.1, 0.15) is 19.3 Å². The molecule has 2 aliphatic rings. The zero-order chi connectivity index (χ0) is 9.97. The lowest BCUT2D eigenvalue weighted by Gasteiger charge is -2.36. The fourth-order valence-electron chi connectivity index (χ4n) is 2.74. The molecule has 0 aromatic rings. The predicted octanol–water partition coefficient (Wildman–Crippen LogP) is 0.374. The smallest absolute Gasteiger partial charge is 0.0113 e. The zero-order valence-corrected chi connectivity index (χ0v) is 9.50. The summed E-state index contributed by atoms with van der Waals surface area (Å²) in [7, 11) is 4.32. The molecule has 1 saturated heterocycles. The molecule has 0 aromatic heterocycles. The van der Waals surface area contributed by atoms with E-state index in [0.29, 0.717) is 0 Å².